The number of carbonyl (C=O) groups is 1. The third-order valence-corrected chi connectivity index (χ3v) is 2.93. The smallest absolute Gasteiger partial charge is 0.224 e. The lowest BCUT2D eigenvalue weighted by Crippen LogP contribution is -2.40. The second-order valence-corrected chi connectivity index (χ2v) is 6.45. The van der Waals surface area contributed by atoms with E-state index >= 15 is 0 Å². The van der Waals surface area contributed by atoms with Crippen molar-refractivity contribution in [2.75, 3.05) is 6.61 Å². The van der Waals surface area contributed by atoms with Crippen molar-refractivity contribution in [2.24, 2.45) is 5.41 Å². The third-order valence-electron chi connectivity index (χ3n) is 2.70. The molecule has 3 nitrogen and oxygen atoms in total. The Bertz CT molecular complexity index is 426. The summed E-state index contributed by atoms with van der Waals surface area (Å²) in [6, 6.07) is 7.04. The SMILES string of the molecule is CC(C)(C)CC(CO)NC(=O)Cc1cccc(Cl)c1. The highest BCUT2D eigenvalue weighted by Crippen LogP contribution is 2.20. The molecule has 2 N–H and O–H groups in total. The first-order valence-corrected chi connectivity index (χ1v) is 6.82. The largest absolute Gasteiger partial charge is 0.394 e. The Morgan fingerprint density at radius 3 is 2.63 bits per heavy atom. The van der Waals surface area contributed by atoms with Crippen molar-refractivity contribution in [3.63, 3.8) is 0 Å². The molecule has 1 aromatic carbocycles. The van der Waals surface area contributed by atoms with Crippen LogP contribution in [0.4, 0.5) is 0 Å². The zero-order chi connectivity index (χ0) is 14.5. The van der Waals surface area contributed by atoms with E-state index in [0.717, 1.165) is 12.0 Å². The first-order valence-electron chi connectivity index (χ1n) is 6.45. The quantitative estimate of drug-likeness (QED) is 0.873. The standard InChI is InChI=1S/C15H22ClNO2/c1-15(2,3)9-13(10-18)17-14(19)8-11-5-4-6-12(16)7-11/h4-7,13,18H,8-10H2,1-3H3,(H,17,19). The van der Waals surface area contributed by atoms with Crippen LogP contribution in [-0.4, -0.2) is 23.7 Å². The van der Waals surface area contributed by atoms with Gasteiger partial charge in [0.05, 0.1) is 19.1 Å². The van der Waals surface area contributed by atoms with E-state index in [9.17, 15) is 9.90 Å². The molecule has 1 amide bonds. The highest BCUT2D eigenvalue weighted by Gasteiger charge is 2.19. The van der Waals surface area contributed by atoms with Crippen LogP contribution < -0.4 is 5.32 Å². The molecule has 1 rings (SSSR count). The summed E-state index contributed by atoms with van der Waals surface area (Å²) in [4.78, 5) is 11.9. The Kier molecular flexibility index (Phi) is 5.83. The minimum absolute atomic E-state index is 0.0431. The molecule has 0 bridgehead atoms. The maximum Gasteiger partial charge on any atom is 0.224 e. The second kappa shape index (κ2) is 6.92. The van der Waals surface area contributed by atoms with Crippen LogP contribution in [0, 0.1) is 5.41 Å². The molecule has 0 aliphatic rings. The zero-order valence-corrected chi connectivity index (χ0v) is 12.5. The normalized spacial score (nSPS) is 13.1. The lowest BCUT2D eigenvalue weighted by Gasteiger charge is -2.25. The molecule has 0 aliphatic heterocycles. The van der Waals surface area contributed by atoms with Crippen LogP contribution in [0.1, 0.15) is 32.8 Å². The number of aliphatic hydroxyl groups is 1. The van der Waals surface area contributed by atoms with Gasteiger partial charge in [-0.2, -0.15) is 0 Å². The third kappa shape index (κ3) is 6.60. The van der Waals surface area contributed by atoms with Gasteiger partial charge < -0.3 is 10.4 Å². The fourth-order valence-electron chi connectivity index (χ4n) is 2.01. The van der Waals surface area contributed by atoms with Gasteiger partial charge in [0.15, 0.2) is 0 Å². The predicted molar refractivity (Wildman–Crippen MR) is 78.2 cm³/mol. The Labute approximate surface area is 120 Å². The summed E-state index contributed by atoms with van der Waals surface area (Å²) < 4.78 is 0. The average Bonchev–Trinajstić information content (AvgIpc) is 2.26. The topological polar surface area (TPSA) is 49.3 Å². The number of hydrogen-bond acceptors (Lipinski definition) is 2. The van der Waals surface area contributed by atoms with Gasteiger partial charge in [-0.05, 0) is 29.5 Å². The molecular weight excluding hydrogens is 262 g/mol. The van der Waals surface area contributed by atoms with Gasteiger partial charge >= 0.3 is 0 Å². The van der Waals surface area contributed by atoms with Crippen molar-refractivity contribution < 1.29 is 9.90 Å². The van der Waals surface area contributed by atoms with Crippen LogP contribution in [0.25, 0.3) is 0 Å². The molecule has 0 radical (unpaired) electrons. The van der Waals surface area contributed by atoms with E-state index in [-0.39, 0.29) is 30.4 Å². The van der Waals surface area contributed by atoms with Crippen molar-refractivity contribution in [1.29, 1.82) is 0 Å². The van der Waals surface area contributed by atoms with Gasteiger partial charge in [0.2, 0.25) is 5.91 Å². The minimum atomic E-state index is -0.202. The molecule has 0 aromatic heterocycles. The lowest BCUT2D eigenvalue weighted by atomic mass is 9.88. The van der Waals surface area contributed by atoms with E-state index < -0.39 is 0 Å². The van der Waals surface area contributed by atoms with Crippen molar-refractivity contribution in [3.8, 4) is 0 Å². The highest BCUT2D eigenvalue weighted by atomic mass is 35.5. The maximum atomic E-state index is 11.9. The van der Waals surface area contributed by atoms with Gasteiger partial charge in [0.25, 0.3) is 0 Å². The van der Waals surface area contributed by atoms with Crippen LogP contribution in [-0.2, 0) is 11.2 Å². The van der Waals surface area contributed by atoms with E-state index in [0.29, 0.717) is 5.02 Å². The summed E-state index contributed by atoms with van der Waals surface area (Å²) in [7, 11) is 0. The molecule has 19 heavy (non-hydrogen) atoms. The van der Waals surface area contributed by atoms with Gasteiger partial charge in [0, 0.05) is 5.02 Å². The zero-order valence-electron chi connectivity index (χ0n) is 11.7. The number of rotatable bonds is 5. The molecule has 1 aromatic rings. The molecule has 0 fully saturated rings. The van der Waals surface area contributed by atoms with Crippen LogP contribution >= 0.6 is 11.6 Å². The van der Waals surface area contributed by atoms with Crippen LogP contribution in [0.3, 0.4) is 0 Å². The summed E-state index contributed by atoms with van der Waals surface area (Å²) in [5.74, 6) is -0.0921. The lowest BCUT2D eigenvalue weighted by molar-refractivity contribution is -0.121. The number of halogens is 1. The molecule has 0 heterocycles. The van der Waals surface area contributed by atoms with E-state index in [1.807, 2.05) is 12.1 Å². The molecule has 4 heteroatoms. The molecule has 0 saturated carbocycles. The number of aliphatic hydroxyl groups excluding tert-OH is 1. The van der Waals surface area contributed by atoms with E-state index in [1.54, 1.807) is 12.1 Å². The molecule has 0 saturated heterocycles. The Balaban J connectivity index is 2.54. The fraction of sp³-hybridized carbons (Fsp3) is 0.533. The van der Waals surface area contributed by atoms with Crippen LogP contribution in [0.15, 0.2) is 24.3 Å². The van der Waals surface area contributed by atoms with Crippen molar-refractivity contribution in [1.82, 2.24) is 5.32 Å². The summed E-state index contributed by atoms with van der Waals surface area (Å²) in [6.07, 6.45) is 1.02. The van der Waals surface area contributed by atoms with Gasteiger partial charge in [-0.1, -0.05) is 44.5 Å². The van der Waals surface area contributed by atoms with E-state index in [4.69, 9.17) is 11.6 Å². The van der Waals surface area contributed by atoms with Gasteiger partial charge in [0.1, 0.15) is 0 Å². The summed E-state index contributed by atoms with van der Waals surface area (Å²) >= 11 is 5.88. The van der Waals surface area contributed by atoms with Crippen molar-refractivity contribution in [3.05, 3.63) is 34.9 Å². The first-order chi connectivity index (χ1) is 8.80. The van der Waals surface area contributed by atoms with Crippen LogP contribution in [0.2, 0.25) is 5.02 Å². The Morgan fingerprint density at radius 1 is 1.42 bits per heavy atom. The molecule has 0 aliphatic carbocycles. The maximum absolute atomic E-state index is 11.9. The molecular formula is C15H22ClNO2. The number of nitrogens with one attached hydrogen (secondary N) is 1. The van der Waals surface area contributed by atoms with E-state index in [1.165, 1.54) is 0 Å². The Morgan fingerprint density at radius 2 is 2.11 bits per heavy atom. The summed E-state index contributed by atoms with van der Waals surface area (Å²) in [6.45, 7) is 6.20. The highest BCUT2D eigenvalue weighted by molar-refractivity contribution is 6.30. The number of hydrogen-bond donors (Lipinski definition) is 2. The second-order valence-electron chi connectivity index (χ2n) is 6.02. The fourth-order valence-corrected chi connectivity index (χ4v) is 2.22. The predicted octanol–water partition coefficient (Wildman–Crippen LogP) is 2.80. The monoisotopic (exact) mass is 283 g/mol. The van der Waals surface area contributed by atoms with Crippen LogP contribution in [0.5, 0.6) is 0 Å². The minimum Gasteiger partial charge on any atom is -0.394 e. The Hall–Kier alpha value is -1.06. The van der Waals surface area contributed by atoms with Gasteiger partial charge in [-0.25, -0.2) is 0 Å². The molecule has 0 spiro atoms. The molecule has 1 atom stereocenters. The molecule has 1 unspecified atom stereocenters. The molecule has 106 valence electrons. The number of amides is 1. The summed E-state index contributed by atoms with van der Waals surface area (Å²) in [5, 5.41) is 12.8. The first kappa shape index (κ1) is 16.0. The van der Waals surface area contributed by atoms with Crippen molar-refractivity contribution >= 4 is 17.5 Å². The van der Waals surface area contributed by atoms with Gasteiger partial charge in [-0.15, -0.1) is 0 Å². The summed E-state index contributed by atoms with van der Waals surface area (Å²) in [5.41, 5.74) is 0.939. The number of carbonyl (C=O) groups excluding carboxylic acids is 1. The average molecular weight is 284 g/mol. The van der Waals surface area contributed by atoms with Crippen molar-refractivity contribution in [2.45, 2.75) is 39.7 Å². The number of benzene rings is 1. The van der Waals surface area contributed by atoms with E-state index in [2.05, 4.69) is 26.1 Å². The van der Waals surface area contributed by atoms with Gasteiger partial charge in [-0.3, -0.25) is 4.79 Å².